The Bertz CT molecular complexity index is 771. The summed E-state index contributed by atoms with van der Waals surface area (Å²) in [6, 6.07) is 9.92. The highest BCUT2D eigenvalue weighted by atomic mass is 16.6. The summed E-state index contributed by atoms with van der Waals surface area (Å²) in [5.41, 5.74) is -0.311. The molecule has 120 valence electrons. The van der Waals surface area contributed by atoms with E-state index in [2.05, 4.69) is 5.32 Å². The molecule has 23 heavy (non-hydrogen) atoms. The smallest absolute Gasteiger partial charge is 0.270 e. The normalized spacial score (nSPS) is 11.7. The van der Waals surface area contributed by atoms with E-state index in [0.717, 1.165) is 6.07 Å². The fourth-order valence-corrected chi connectivity index (χ4v) is 1.98. The van der Waals surface area contributed by atoms with Crippen LogP contribution < -0.4 is 10.9 Å². The zero-order chi connectivity index (χ0) is 16.8. The van der Waals surface area contributed by atoms with Crippen molar-refractivity contribution in [2.24, 2.45) is 0 Å². The summed E-state index contributed by atoms with van der Waals surface area (Å²) in [5.74, 6) is -0.534. The van der Waals surface area contributed by atoms with Crippen molar-refractivity contribution in [3.8, 4) is 0 Å². The fourth-order valence-electron chi connectivity index (χ4n) is 1.98. The number of aliphatic hydroxyl groups is 1. The van der Waals surface area contributed by atoms with Gasteiger partial charge in [-0.15, -0.1) is 0 Å². The maximum atomic E-state index is 11.9. The fraction of sp³-hybridized carbons (Fsp3) is 0.200. The van der Waals surface area contributed by atoms with Crippen molar-refractivity contribution in [3.05, 3.63) is 74.7 Å². The second kappa shape index (κ2) is 7.32. The molecule has 2 N–H and O–H groups in total. The SMILES string of the molecule is O=C(NCC(O)Cn1ccccc1=O)c1cccc([N+](=O)[O-])c1. The molecular weight excluding hydrogens is 302 g/mol. The van der Waals surface area contributed by atoms with E-state index in [9.17, 15) is 24.8 Å². The molecule has 2 rings (SSSR count). The number of nitrogens with zero attached hydrogens (tertiary/aromatic N) is 2. The van der Waals surface area contributed by atoms with E-state index in [1.54, 1.807) is 12.1 Å². The minimum atomic E-state index is -0.960. The molecule has 1 amide bonds. The van der Waals surface area contributed by atoms with Crippen LogP contribution in [-0.2, 0) is 6.54 Å². The van der Waals surface area contributed by atoms with Crippen LogP contribution in [0.4, 0.5) is 5.69 Å². The summed E-state index contributed by atoms with van der Waals surface area (Å²) in [6.07, 6.45) is 0.575. The van der Waals surface area contributed by atoms with Gasteiger partial charge in [-0.2, -0.15) is 0 Å². The van der Waals surface area contributed by atoms with Crippen LogP contribution in [0.2, 0.25) is 0 Å². The van der Waals surface area contributed by atoms with Crippen molar-refractivity contribution in [2.75, 3.05) is 6.54 Å². The second-order valence-corrected chi connectivity index (χ2v) is 4.86. The molecule has 2 aromatic rings. The van der Waals surface area contributed by atoms with Gasteiger partial charge < -0.3 is 15.0 Å². The van der Waals surface area contributed by atoms with Gasteiger partial charge in [0.2, 0.25) is 0 Å². The van der Waals surface area contributed by atoms with E-state index in [1.165, 1.54) is 35.0 Å². The Hall–Kier alpha value is -3.00. The number of hydrogen-bond donors (Lipinski definition) is 2. The van der Waals surface area contributed by atoms with E-state index >= 15 is 0 Å². The van der Waals surface area contributed by atoms with Crippen molar-refractivity contribution in [2.45, 2.75) is 12.6 Å². The average Bonchev–Trinajstić information content (AvgIpc) is 2.55. The first kappa shape index (κ1) is 16.4. The minimum absolute atomic E-state index is 0.0366. The Labute approximate surface area is 131 Å². The van der Waals surface area contributed by atoms with Crippen LogP contribution in [0.25, 0.3) is 0 Å². The molecule has 1 aromatic carbocycles. The van der Waals surface area contributed by atoms with E-state index in [4.69, 9.17) is 0 Å². The molecule has 8 nitrogen and oxygen atoms in total. The molecule has 0 saturated heterocycles. The third-order valence-electron chi connectivity index (χ3n) is 3.12. The van der Waals surface area contributed by atoms with E-state index in [1.807, 2.05) is 0 Å². The number of aliphatic hydroxyl groups excluding tert-OH is 1. The van der Waals surface area contributed by atoms with Crippen LogP contribution in [0.5, 0.6) is 0 Å². The summed E-state index contributed by atoms with van der Waals surface area (Å²) in [4.78, 5) is 33.5. The lowest BCUT2D eigenvalue weighted by Gasteiger charge is -2.13. The summed E-state index contributed by atoms with van der Waals surface area (Å²) in [6.45, 7) is -0.0439. The monoisotopic (exact) mass is 317 g/mol. The molecule has 1 heterocycles. The number of carbonyl (C=O) groups excluding carboxylic acids is 1. The number of benzene rings is 1. The van der Waals surface area contributed by atoms with Crippen molar-refractivity contribution >= 4 is 11.6 Å². The highest BCUT2D eigenvalue weighted by Crippen LogP contribution is 2.12. The number of nitro benzene ring substituents is 1. The highest BCUT2D eigenvalue weighted by Gasteiger charge is 2.13. The van der Waals surface area contributed by atoms with Crippen LogP contribution in [0.1, 0.15) is 10.4 Å². The number of pyridine rings is 1. The number of rotatable bonds is 6. The van der Waals surface area contributed by atoms with Gasteiger partial charge in [-0.25, -0.2) is 0 Å². The summed E-state index contributed by atoms with van der Waals surface area (Å²) >= 11 is 0. The Balaban J connectivity index is 1.94. The van der Waals surface area contributed by atoms with E-state index in [0.29, 0.717) is 0 Å². The molecule has 0 aliphatic rings. The lowest BCUT2D eigenvalue weighted by molar-refractivity contribution is -0.384. The molecule has 0 aliphatic heterocycles. The molecule has 1 unspecified atom stereocenters. The van der Waals surface area contributed by atoms with Crippen molar-refractivity contribution in [3.63, 3.8) is 0 Å². The van der Waals surface area contributed by atoms with Crippen LogP contribution in [-0.4, -0.2) is 33.2 Å². The molecule has 0 bridgehead atoms. The topological polar surface area (TPSA) is 114 Å². The second-order valence-electron chi connectivity index (χ2n) is 4.86. The average molecular weight is 317 g/mol. The maximum Gasteiger partial charge on any atom is 0.270 e. The van der Waals surface area contributed by atoms with Crippen molar-refractivity contribution < 1.29 is 14.8 Å². The third-order valence-corrected chi connectivity index (χ3v) is 3.12. The Morgan fingerprint density at radius 1 is 1.30 bits per heavy atom. The Morgan fingerprint density at radius 3 is 2.78 bits per heavy atom. The molecule has 0 radical (unpaired) electrons. The molecule has 0 aliphatic carbocycles. The van der Waals surface area contributed by atoms with Crippen LogP contribution in [0.15, 0.2) is 53.5 Å². The summed E-state index contributed by atoms with van der Waals surface area (Å²) < 4.78 is 1.32. The number of hydrogen-bond acceptors (Lipinski definition) is 5. The predicted molar refractivity (Wildman–Crippen MR) is 82.1 cm³/mol. The van der Waals surface area contributed by atoms with E-state index in [-0.39, 0.29) is 29.9 Å². The van der Waals surface area contributed by atoms with Gasteiger partial charge in [0.15, 0.2) is 0 Å². The van der Waals surface area contributed by atoms with Gasteiger partial charge in [0.25, 0.3) is 17.2 Å². The Kier molecular flexibility index (Phi) is 5.21. The van der Waals surface area contributed by atoms with Crippen LogP contribution in [0, 0.1) is 10.1 Å². The third kappa shape index (κ3) is 4.48. The number of amides is 1. The first-order valence-corrected chi connectivity index (χ1v) is 6.83. The lowest BCUT2D eigenvalue weighted by atomic mass is 10.2. The first-order valence-electron chi connectivity index (χ1n) is 6.83. The first-order chi connectivity index (χ1) is 11.0. The summed E-state index contributed by atoms with van der Waals surface area (Å²) in [5, 5.41) is 23.0. The lowest BCUT2D eigenvalue weighted by Crippen LogP contribution is -2.36. The van der Waals surface area contributed by atoms with Gasteiger partial charge in [-0.05, 0) is 12.1 Å². The van der Waals surface area contributed by atoms with Crippen molar-refractivity contribution in [1.29, 1.82) is 0 Å². The highest BCUT2D eigenvalue weighted by molar-refractivity contribution is 5.94. The molecule has 0 fully saturated rings. The molecule has 1 atom stereocenters. The molecule has 1 aromatic heterocycles. The zero-order valence-corrected chi connectivity index (χ0v) is 12.1. The number of non-ortho nitro benzene ring substituents is 1. The van der Waals surface area contributed by atoms with Gasteiger partial charge in [0, 0.05) is 36.5 Å². The predicted octanol–water partition coefficient (Wildman–Crippen LogP) is 0.547. The number of aromatic nitrogens is 1. The van der Waals surface area contributed by atoms with Gasteiger partial charge in [0.05, 0.1) is 17.6 Å². The molecule has 8 heteroatoms. The largest absolute Gasteiger partial charge is 0.389 e. The molecular formula is C15H15N3O5. The minimum Gasteiger partial charge on any atom is -0.389 e. The van der Waals surface area contributed by atoms with Gasteiger partial charge >= 0.3 is 0 Å². The number of carbonyl (C=O) groups is 1. The molecule has 0 spiro atoms. The quantitative estimate of drug-likeness (QED) is 0.596. The van der Waals surface area contributed by atoms with Gasteiger partial charge in [0.1, 0.15) is 0 Å². The zero-order valence-electron chi connectivity index (χ0n) is 12.1. The number of nitro groups is 1. The van der Waals surface area contributed by atoms with Crippen LogP contribution in [0.3, 0.4) is 0 Å². The van der Waals surface area contributed by atoms with E-state index < -0.39 is 16.9 Å². The van der Waals surface area contributed by atoms with Crippen molar-refractivity contribution in [1.82, 2.24) is 9.88 Å². The summed E-state index contributed by atoms with van der Waals surface area (Å²) in [7, 11) is 0. The molecule has 0 saturated carbocycles. The standard InChI is InChI=1S/C15H15N3O5/c19-13(10-17-7-2-1-6-14(17)20)9-16-15(21)11-4-3-5-12(8-11)18(22)23/h1-8,13,19H,9-10H2,(H,16,21). The van der Waals surface area contributed by atoms with Gasteiger partial charge in [-0.3, -0.25) is 19.7 Å². The maximum absolute atomic E-state index is 11.9. The van der Waals surface area contributed by atoms with Gasteiger partial charge in [-0.1, -0.05) is 12.1 Å². The Morgan fingerprint density at radius 2 is 2.09 bits per heavy atom. The van der Waals surface area contributed by atoms with Crippen LogP contribution >= 0.6 is 0 Å². The number of nitrogens with one attached hydrogen (secondary N) is 1.